The lowest BCUT2D eigenvalue weighted by molar-refractivity contribution is -0.119. The number of aromatic nitrogens is 2. The minimum absolute atomic E-state index is 0.0170. The number of nitrogens with zero attached hydrogens (tertiary/aromatic N) is 3. The molecule has 0 saturated carbocycles. The Morgan fingerprint density at radius 2 is 1.69 bits per heavy atom. The van der Waals surface area contributed by atoms with Crippen LogP contribution in [0.25, 0.3) is 0 Å². The number of urea groups is 1. The normalized spacial score (nSPS) is 16.5. The molecule has 1 aromatic heterocycles. The molecule has 1 fully saturated rings. The minimum atomic E-state index is -0.232. The lowest BCUT2D eigenvalue weighted by atomic mass is 9.92. The van der Waals surface area contributed by atoms with Gasteiger partial charge in [-0.25, -0.2) is 9.48 Å². The first kappa shape index (κ1) is 20.3. The van der Waals surface area contributed by atoms with Crippen LogP contribution in [0.3, 0.4) is 0 Å². The fourth-order valence-electron chi connectivity index (χ4n) is 3.05. The maximum absolute atomic E-state index is 12.7. The zero-order valence-corrected chi connectivity index (χ0v) is 17.1. The Kier molecular flexibility index (Phi) is 5.68. The van der Waals surface area contributed by atoms with Gasteiger partial charge in [0.05, 0.1) is 11.2 Å². The number of carbonyl (C=O) groups is 2. The van der Waals surface area contributed by atoms with Crippen molar-refractivity contribution >= 4 is 17.8 Å². The fourth-order valence-corrected chi connectivity index (χ4v) is 3.05. The molecule has 7 nitrogen and oxygen atoms in total. The Hall–Kier alpha value is -2.05. The first-order chi connectivity index (χ1) is 11.9. The highest BCUT2D eigenvalue weighted by atomic mass is 16.2. The van der Waals surface area contributed by atoms with Crippen LogP contribution in [0.2, 0.25) is 0 Å². The Bertz CT molecular complexity index is 658. The second-order valence-corrected chi connectivity index (χ2v) is 9.14. The molecule has 0 bridgehead atoms. The summed E-state index contributed by atoms with van der Waals surface area (Å²) in [5, 5.41) is 10.7. The summed E-state index contributed by atoms with van der Waals surface area (Å²) in [7, 11) is 0. The van der Waals surface area contributed by atoms with E-state index in [1.54, 1.807) is 4.90 Å². The van der Waals surface area contributed by atoms with Crippen molar-refractivity contribution in [3.05, 3.63) is 11.8 Å². The largest absolute Gasteiger partial charge is 0.353 e. The van der Waals surface area contributed by atoms with Gasteiger partial charge in [-0.15, -0.1) is 0 Å². The van der Waals surface area contributed by atoms with Crippen LogP contribution >= 0.6 is 0 Å². The van der Waals surface area contributed by atoms with E-state index in [2.05, 4.69) is 52.2 Å². The van der Waals surface area contributed by atoms with Crippen molar-refractivity contribution in [1.82, 2.24) is 20.0 Å². The molecule has 1 aliphatic rings. The molecule has 3 amide bonds. The number of hydrogen-bond acceptors (Lipinski definition) is 3. The third-order valence-electron chi connectivity index (χ3n) is 4.54. The van der Waals surface area contributed by atoms with Gasteiger partial charge in [0.2, 0.25) is 5.91 Å². The topological polar surface area (TPSA) is 79.3 Å². The summed E-state index contributed by atoms with van der Waals surface area (Å²) in [6.07, 6.45) is 1.55. The van der Waals surface area contributed by atoms with E-state index >= 15 is 0 Å². The number of likely N-dealkylation sites (tertiary alicyclic amines) is 1. The number of piperidine rings is 1. The van der Waals surface area contributed by atoms with Crippen molar-refractivity contribution in [3.63, 3.8) is 0 Å². The van der Waals surface area contributed by atoms with Gasteiger partial charge in [-0.05, 0) is 33.6 Å². The Labute approximate surface area is 156 Å². The zero-order valence-electron chi connectivity index (χ0n) is 17.1. The predicted octanol–water partition coefficient (Wildman–Crippen LogP) is 3.07. The fraction of sp³-hybridized carbons (Fsp3) is 0.737. The molecule has 0 aliphatic carbocycles. The molecule has 1 saturated heterocycles. The van der Waals surface area contributed by atoms with Crippen molar-refractivity contribution < 1.29 is 9.59 Å². The Morgan fingerprint density at radius 3 is 2.15 bits per heavy atom. The highest BCUT2D eigenvalue weighted by molar-refractivity contribution is 5.88. The molecule has 26 heavy (non-hydrogen) atoms. The van der Waals surface area contributed by atoms with Crippen molar-refractivity contribution in [2.45, 2.75) is 78.3 Å². The number of amides is 3. The zero-order chi connectivity index (χ0) is 19.7. The summed E-state index contributed by atoms with van der Waals surface area (Å²) >= 11 is 0. The minimum Gasteiger partial charge on any atom is -0.353 e. The van der Waals surface area contributed by atoms with Crippen molar-refractivity contribution in [2.24, 2.45) is 0 Å². The van der Waals surface area contributed by atoms with Gasteiger partial charge in [-0.1, -0.05) is 20.8 Å². The van der Waals surface area contributed by atoms with E-state index in [9.17, 15) is 9.59 Å². The quantitative estimate of drug-likeness (QED) is 0.847. The van der Waals surface area contributed by atoms with Crippen LogP contribution in [0.1, 0.15) is 67.0 Å². The van der Waals surface area contributed by atoms with Gasteiger partial charge in [-0.3, -0.25) is 10.1 Å². The van der Waals surface area contributed by atoms with Crippen LogP contribution in [0.15, 0.2) is 6.07 Å². The molecule has 0 atom stereocenters. The second kappa shape index (κ2) is 7.29. The highest BCUT2D eigenvalue weighted by Crippen LogP contribution is 2.28. The van der Waals surface area contributed by atoms with Gasteiger partial charge in [0.1, 0.15) is 5.82 Å². The van der Waals surface area contributed by atoms with E-state index in [0.29, 0.717) is 13.1 Å². The van der Waals surface area contributed by atoms with Gasteiger partial charge in [-0.2, -0.15) is 5.10 Å². The van der Waals surface area contributed by atoms with E-state index in [0.717, 1.165) is 24.4 Å². The first-order valence-corrected chi connectivity index (χ1v) is 9.32. The van der Waals surface area contributed by atoms with E-state index in [4.69, 9.17) is 5.10 Å². The van der Waals surface area contributed by atoms with E-state index in [-0.39, 0.29) is 28.9 Å². The van der Waals surface area contributed by atoms with Gasteiger partial charge in [0, 0.05) is 37.5 Å². The van der Waals surface area contributed by atoms with Crippen LogP contribution in [0, 0.1) is 0 Å². The van der Waals surface area contributed by atoms with Crippen molar-refractivity contribution in [1.29, 1.82) is 0 Å². The van der Waals surface area contributed by atoms with Crippen molar-refractivity contribution in [3.8, 4) is 0 Å². The molecule has 0 unspecified atom stereocenters. The first-order valence-electron chi connectivity index (χ1n) is 9.32. The standard InChI is InChI=1S/C19H33N5O2/c1-13(25)20-14-8-10-23(11-9-14)17(26)21-16-12-15(18(2,3)4)22-24(16)19(5,6)7/h12,14H,8-11H2,1-7H3,(H,20,25)(H,21,26). The molecule has 0 radical (unpaired) electrons. The Balaban J connectivity index is 2.09. The second-order valence-electron chi connectivity index (χ2n) is 9.14. The lowest BCUT2D eigenvalue weighted by Crippen LogP contribution is -2.47. The van der Waals surface area contributed by atoms with Crippen molar-refractivity contribution in [2.75, 3.05) is 18.4 Å². The molecule has 2 heterocycles. The van der Waals surface area contributed by atoms with E-state index in [1.165, 1.54) is 6.92 Å². The lowest BCUT2D eigenvalue weighted by Gasteiger charge is -2.32. The third kappa shape index (κ3) is 4.99. The van der Waals surface area contributed by atoms with Gasteiger partial charge in [0.25, 0.3) is 0 Å². The molecule has 1 aliphatic heterocycles. The molecule has 7 heteroatoms. The Morgan fingerprint density at radius 1 is 1.12 bits per heavy atom. The predicted molar refractivity (Wildman–Crippen MR) is 103 cm³/mol. The summed E-state index contributed by atoms with van der Waals surface area (Å²) < 4.78 is 1.88. The molecule has 146 valence electrons. The van der Waals surface area contributed by atoms with Crippen LogP contribution in [-0.4, -0.2) is 45.8 Å². The summed E-state index contributed by atoms with van der Waals surface area (Å²) in [6, 6.07) is 2.01. The van der Waals surface area contributed by atoms with E-state index < -0.39 is 0 Å². The maximum atomic E-state index is 12.7. The monoisotopic (exact) mass is 363 g/mol. The third-order valence-corrected chi connectivity index (χ3v) is 4.54. The van der Waals surface area contributed by atoms with Gasteiger partial charge >= 0.3 is 6.03 Å². The molecule has 0 spiro atoms. The van der Waals surface area contributed by atoms with Crippen LogP contribution in [0.4, 0.5) is 10.6 Å². The summed E-state index contributed by atoms with van der Waals surface area (Å²) in [6.45, 7) is 15.3. The summed E-state index contributed by atoms with van der Waals surface area (Å²) in [5.41, 5.74) is 0.629. The smallest absolute Gasteiger partial charge is 0.323 e. The molecular weight excluding hydrogens is 330 g/mol. The summed E-state index contributed by atoms with van der Waals surface area (Å²) in [5.74, 6) is 0.702. The highest BCUT2D eigenvalue weighted by Gasteiger charge is 2.28. The number of rotatable bonds is 2. The van der Waals surface area contributed by atoms with Crippen LogP contribution in [-0.2, 0) is 15.7 Å². The molecule has 2 rings (SSSR count). The van der Waals surface area contributed by atoms with Crippen LogP contribution in [0.5, 0.6) is 0 Å². The average Bonchev–Trinajstić information content (AvgIpc) is 2.91. The van der Waals surface area contributed by atoms with E-state index in [1.807, 2.05) is 10.7 Å². The molecule has 1 aromatic rings. The average molecular weight is 364 g/mol. The summed E-state index contributed by atoms with van der Waals surface area (Å²) in [4.78, 5) is 25.7. The number of anilines is 1. The number of nitrogens with one attached hydrogen (secondary N) is 2. The molecule has 2 N–H and O–H groups in total. The molecule has 0 aromatic carbocycles. The maximum Gasteiger partial charge on any atom is 0.323 e. The van der Waals surface area contributed by atoms with Gasteiger partial charge < -0.3 is 10.2 Å². The number of carbonyl (C=O) groups excluding carboxylic acids is 2. The van der Waals surface area contributed by atoms with Crippen LogP contribution < -0.4 is 10.6 Å². The molecular formula is C19H33N5O2. The SMILES string of the molecule is CC(=O)NC1CCN(C(=O)Nc2cc(C(C)(C)C)nn2C(C)(C)C)CC1. The number of hydrogen-bond donors (Lipinski definition) is 2. The van der Waals surface area contributed by atoms with Gasteiger partial charge in [0.15, 0.2) is 0 Å².